The van der Waals surface area contributed by atoms with E-state index in [9.17, 15) is 18.0 Å². The molecule has 0 radical (unpaired) electrons. The van der Waals surface area contributed by atoms with Crippen molar-refractivity contribution in [1.29, 1.82) is 0 Å². The van der Waals surface area contributed by atoms with Crippen LogP contribution in [-0.2, 0) is 5.33 Å². The smallest absolute Gasteiger partial charge is 0.387 e. The molecule has 0 heterocycles. The zero-order valence-corrected chi connectivity index (χ0v) is 9.30. The van der Waals surface area contributed by atoms with Crippen molar-refractivity contribution in [3.63, 3.8) is 0 Å². The van der Waals surface area contributed by atoms with E-state index >= 15 is 0 Å². The number of carboxylic acids is 1. The van der Waals surface area contributed by atoms with Gasteiger partial charge in [-0.15, -0.1) is 0 Å². The van der Waals surface area contributed by atoms with Gasteiger partial charge in [-0.25, -0.2) is 9.18 Å². The molecule has 0 fully saturated rings. The maximum Gasteiger partial charge on any atom is 0.387 e. The molecule has 1 N–H and O–H groups in total. The Kier molecular flexibility index (Phi) is 4.17. The second-order valence-electron chi connectivity index (χ2n) is 2.73. The fraction of sp³-hybridized carbons (Fsp3) is 0.222. The van der Waals surface area contributed by atoms with Crippen LogP contribution >= 0.6 is 15.9 Å². The largest absolute Gasteiger partial charge is 0.477 e. The molecule has 0 aromatic heterocycles. The first-order valence-electron chi connectivity index (χ1n) is 4.02. The fourth-order valence-corrected chi connectivity index (χ4v) is 1.57. The molecule has 88 valence electrons. The second kappa shape index (κ2) is 5.20. The average molecular weight is 299 g/mol. The summed E-state index contributed by atoms with van der Waals surface area (Å²) in [7, 11) is 0. The topological polar surface area (TPSA) is 46.5 Å². The molecule has 3 nitrogen and oxygen atoms in total. The number of rotatable bonds is 4. The van der Waals surface area contributed by atoms with Crippen LogP contribution in [-0.4, -0.2) is 17.7 Å². The van der Waals surface area contributed by atoms with E-state index < -0.39 is 29.7 Å². The maximum absolute atomic E-state index is 13.1. The molecule has 0 saturated carbocycles. The second-order valence-corrected chi connectivity index (χ2v) is 3.29. The van der Waals surface area contributed by atoms with E-state index in [1.54, 1.807) is 0 Å². The number of aromatic carboxylic acids is 1. The van der Waals surface area contributed by atoms with E-state index in [2.05, 4.69) is 20.7 Å². The van der Waals surface area contributed by atoms with Crippen LogP contribution < -0.4 is 4.74 Å². The Labute approximate surface area is 97.0 Å². The number of ether oxygens (including phenoxy) is 1. The summed E-state index contributed by atoms with van der Waals surface area (Å²) >= 11 is 2.97. The summed E-state index contributed by atoms with van der Waals surface area (Å²) in [6.45, 7) is -3.21. The van der Waals surface area contributed by atoms with Gasteiger partial charge in [0, 0.05) is 10.9 Å². The van der Waals surface area contributed by atoms with Gasteiger partial charge in [0.25, 0.3) is 0 Å². The molecule has 0 spiro atoms. The Morgan fingerprint density at radius 3 is 2.56 bits per heavy atom. The maximum atomic E-state index is 13.1. The van der Waals surface area contributed by atoms with Gasteiger partial charge < -0.3 is 9.84 Å². The van der Waals surface area contributed by atoms with Crippen LogP contribution in [0.1, 0.15) is 15.9 Å². The minimum Gasteiger partial charge on any atom is -0.477 e. The standard InChI is InChI=1S/C9H6BrF3O3/c10-3-4-1-2-5(11)6(8(14)15)7(4)16-9(12)13/h1-2,9H,3H2,(H,14,15). The molecular weight excluding hydrogens is 293 g/mol. The summed E-state index contributed by atoms with van der Waals surface area (Å²) in [6, 6.07) is 2.06. The van der Waals surface area contributed by atoms with Gasteiger partial charge in [-0.3, -0.25) is 0 Å². The first-order chi connectivity index (χ1) is 7.47. The Hall–Kier alpha value is -1.24. The van der Waals surface area contributed by atoms with Crippen molar-refractivity contribution in [3.05, 3.63) is 29.1 Å². The van der Waals surface area contributed by atoms with Crippen LogP contribution in [0.15, 0.2) is 12.1 Å². The third-order valence-electron chi connectivity index (χ3n) is 1.75. The monoisotopic (exact) mass is 298 g/mol. The van der Waals surface area contributed by atoms with E-state index in [1.807, 2.05) is 0 Å². The van der Waals surface area contributed by atoms with Crippen LogP contribution in [0.5, 0.6) is 5.75 Å². The summed E-state index contributed by atoms with van der Waals surface area (Å²) in [6.07, 6.45) is 0. The predicted molar refractivity (Wildman–Crippen MR) is 52.6 cm³/mol. The van der Waals surface area contributed by atoms with E-state index in [0.29, 0.717) is 0 Å². The minimum atomic E-state index is -3.21. The normalized spacial score (nSPS) is 10.6. The summed E-state index contributed by atoms with van der Waals surface area (Å²) in [5, 5.41) is 8.78. The Bertz CT molecular complexity index is 409. The average Bonchev–Trinajstić information content (AvgIpc) is 2.16. The molecule has 0 unspecified atom stereocenters. The molecule has 1 aromatic carbocycles. The first-order valence-corrected chi connectivity index (χ1v) is 5.15. The Balaban J connectivity index is 3.36. The van der Waals surface area contributed by atoms with Gasteiger partial charge in [0.1, 0.15) is 17.1 Å². The van der Waals surface area contributed by atoms with Crippen molar-refractivity contribution in [3.8, 4) is 5.75 Å². The van der Waals surface area contributed by atoms with Crippen molar-refractivity contribution in [1.82, 2.24) is 0 Å². The summed E-state index contributed by atoms with van der Waals surface area (Å²) in [5.74, 6) is -3.43. The molecule has 0 bridgehead atoms. The lowest BCUT2D eigenvalue weighted by molar-refractivity contribution is -0.0509. The van der Waals surface area contributed by atoms with Crippen molar-refractivity contribution < 1.29 is 27.8 Å². The number of hydrogen-bond acceptors (Lipinski definition) is 2. The molecule has 16 heavy (non-hydrogen) atoms. The molecule has 0 saturated heterocycles. The number of alkyl halides is 3. The van der Waals surface area contributed by atoms with Gasteiger partial charge in [0.2, 0.25) is 0 Å². The highest BCUT2D eigenvalue weighted by molar-refractivity contribution is 9.08. The van der Waals surface area contributed by atoms with E-state index in [1.165, 1.54) is 6.07 Å². The summed E-state index contributed by atoms with van der Waals surface area (Å²) in [5.41, 5.74) is -0.753. The quantitative estimate of drug-likeness (QED) is 0.869. The number of hydrogen-bond donors (Lipinski definition) is 1. The van der Waals surface area contributed by atoms with Gasteiger partial charge in [-0.1, -0.05) is 22.0 Å². The highest BCUT2D eigenvalue weighted by Gasteiger charge is 2.22. The number of carboxylic acid groups (broad SMARTS) is 1. The van der Waals surface area contributed by atoms with Gasteiger partial charge in [-0.2, -0.15) is 8.78 Å². The molecule has 1 rings (SSSR count). The molecule has 0 aliphatic heterocycles. The van der Waals surface area contributed by atoms with E-state index in [4.69, 9.17) is 5.11 Å². The van der Waals surface area contributed by atoms with Crippen LogP contribution in [0.25, 0.3) is 0 Å². The fourth-order valence-electron chi connectivity index (χ4n) is 1.13. The van der Waals surface area contributed by atoms with Gasteiger partial charge in [-0.05, 0) is 6.07 Å². The van der Waals surface area contributed by atoms with Crippen LogP contribution in [0, 0.1) is 5.82 Å². The number of benzene rings is 1. The SMILES string of the molecule is O=C(O)c1c(F)ccc(CBr)c1OC(F)F. The summed E-state index contributed by atoms with van der Waals surface area (Å²) in [4.78, 5) is 10.7. The van der Waals surface area contributed by atoms with Crippen molar-refractivity contribution in [2.24, 2.45) is 0 Å². The van der Waals surface area contributed by atoms with Crippen LogP contribution in [0.4, 0.5) is 13.2 Å². The van der Waals surface area contributed by atoms with E-state index in [0.717, 1.165) is 6.07 Å². The van der Waals surface area contributed by atoms with Gasteiger partial charge in [0.05, 0.1) is 0 Å². The third-order valence-corrected chi connectivity index (χ3v) is 2.36. The number of carbonyl (C=O) groups is 1. The van der Waals surface area contributed by atoms with Crippen molar-refractivity contribution in [2.45, 2.75) is 11.9 Å². The molecule has 0 aliphatic rings. The lowest BCUT2D eigenvalue weighted by atomic mass is 10.1. The highest BCUT2D eigenvalue weighted by Crippen LogP contribution is 2.29. The molecule has 1 aromatic rings. The molecule has 0 atom stereocenters. The molecule has 0 amide bonds. The minimum absolute atomic E-state index is 0.0790. The van der Waals surface area contributed by atoms with Gasteiger partial charge >= 0.3 is 12.6 Å². The number of halogens is 4. The van der Waals surface area contributed by atoms with E-state index in [-0.39, 0.29) is 10.9 Å². The lowest BCUT2D eigenvalue weighted by Gasteiger charge is -2.12. The zero-order chi connectivity index (χ0) is 12.3. The molecular formula is C9H6BrF3O3. The molecule has 0 aliphatic carbocycles. The first kappa shape index (κ1) is 12.8. The van der Waals surface area contributed by atoms with Crippen LogP contribution in [0.3, 0.4) is 0 Å². The van der Waals surface area contributed by atoms with Crippen molar-refractivity contribution in [2.75, 3.05) is 0 Å². The van der Waals surface area contributed by atoms with Crippen LogP contribution in [0.2, 0.25) is 0 Å². The third kappa shape index (κ3) is 2.66. The predicted octanol–water partition coefficient (Wildman–Crippen LogP) is 3.02. The Morgan fingerprint density at radius 1 is 1.50 bits per heavy atom. The lowest BCUT2D eigenvalue weighted by Crippen LogP contribution is -2.11. The highest BCUT2D eigenvalue weighted by atomic mass is 79.9. The molecule has 7 heteroatoms. The summed E-state index contributed by atoms with van der Waals surface area (Å²) < 4.78 is 41.3. The van der Waals surface area contributed by atoms with Gasteiger partial charge in [0.15, 0.2) is 0 Å². The Morgan fingerprint density at radius 2 is 2.12 bits per heavy atom. The zero-order valence-electron chi connectivity index (χ0n) is 7.71. The van der Waals surface area contributed by atoms with Crippen molar-refractivity contribution >= 4 is 21.9 Å².